The monoisotopic (exact) mass is 239 g/mol. The Morgan fingerprint density at radius 1 is 1.35 bits per heavy atom. The second kappa shape index (κ2) is 5.83. The molecule has 0 aromatic rings. The van der Waals surface area contributed by atoms with Gasteiger partial charge in [0.15, 0.2) is 0 Å². The molecule has 0 radical (unpaired) electrons. The van der Waals surface area contributed by atoms with E-state index in [0.717, 1.165) is 38.4 Å². The van der Waals surface area contributed by atoms with Crippen molar-refractivity contribution in [2.75, 3.05) is 39.8 Å². The van der Waals surface area contributed by atoms with E-state index in [4.69, 9.17) is 0 Å². The molecular formula is C13H25N3O. The molecular weight excluding hydrogens is 214 g/mol. The molecule has 0 aromatic heterocycles. The fraction of sp³-hybridized carbons (Fsp3) is 0.923. The second-order valence-corrected chi connectivity index (χ2v) is 5.65. The average Bonchev–Trinajstić information content (AvgIpc) is 2.72. The molecule has 0 spiro atoms. The van der Waals surface area contributed by atoms with E-state index in [1.807, 2.05) is 4.90 Å². The lowest BCUT2D eigenvalue weighted by Crippen LogP contribution is -2.51. The Hall–Kier alpha value is -0.610. The van der Waals surface area contributed by atoms with Crippen LogP contribution in [0.5, 0.6) is 0 Å². The SMILES string of the molecule is CC1CN(C(=O)CCC2CCN(C)C2)CCN1. The van der Waals surface area contributed by atoms with Crippen molar-refractivity contribution in [1.82, 2.24) is 15.1 Å². The topological polar surface area (TPSA) is 35.6 Å². The van der Waals surface area contributed by atoms with Gasteiger partial charge in [0.2, 0.25) is 5.91 Å². The van der Waals surface area contributed by atoms with Gasteiger partial charge in [-0.3, -0.25) is 4.79 Å². The molecule has 17 heavy (non-hydrogen) atoms. The van der Waals surface area contributed by atoms with Gasteiger partial charge in [0.1, 0.15) is 0 Å². The van der Waals surface area contributed by atoms with Gasteiger partial charge in [0.05, 0.1) is 0 Å². The van der Waals surface area contributed by atoms with Crippen molar-refractivity contribution >= 4 is 5.91 Å². The molecule has 4 nitrogen and oxygen atoms in total. The molecule has 0 aromatic carbocycles. The highest BCUT2D eigenvalue weighted by Crippen LogP contribution is 2.20. The fourth-order valence-corrected chi connectivity index (χ4v) is 2.91. The molecule has 2 rings (SSSR count). The molecule has 2 unspecified atom stereocenters. The summed E-state index contributed by atoms with van der Waals surface area (Å²) in [5.41, 5.74) is 0. The summed E-state index contributed by atoms with van der Waals surface area (Å²) in [4.78, 5) is 16.5. The largest absolute Gasteiger partial charge is 0.340 e. The van der Waals surface area contributed by atoms with Crippen LogP contribution in [0.4, 0.5) is 0 Å². The zero-order chi connectivity index (χ0) is 12.3. The number of carbonyl (C=O) groups excluding carboxylic acids is 1. The Kier molecular flexibility index (Phi) is 4.40. The lowest BCUT2D eigenvalue weighted by molar-refractivity contribution is -0.132. The summed E-state index contributed by atoms with van der Waals surface area (Å²) in [5.74, 6) is 1.09. The van der Waals surface area contributed by atoms with Gasteiger partial charge in [-0.1, -0.05) is 0 Å². The fourth-order valence-electron chi connectivity index (χ4n) is 2.91. The van der Waals surface area contributed by atoms with Crippen LogP contribution in [0.1, 0.15) is 26.2 Å². The van der Waals surface area contributed by atoms with Crippen LogP contribution in [0.2, 0.25) is 0 Å². The molecule has 2 saturated heterocycles. The van der Waals surface area contributed by atoms with Crippen molar-refractivity contribution in [2.24, 2.45) is 5.92 Å². The molecule has 98 valence electrons. The highest BCUT2D eigenvalue weighted by atomic mass is 16.2. The van der Waals surface area contributed by atoms with E-state index in [0.29, 0.717) is 11.9 Å². The summed E-state index contributed by atoms with van der Waals surface area (Å²) < 4.78 is 0. The van der Waals surface area contributed by atoms with Gasteiger partial charge in [-0.25, -0.2) is 0 Å². The van der Waals surface area contributed by atoms with E-state index in [1.54, 1.807) is 0 Å². The molecule has 4 heteroatoms. The Morgan fingerprint density at radius 2 is 2.18 bits per heavy atom. The molecule has 2 aliphatic rings. The molecule has 0 aliphatic carbocycles. The minimum atomic E-state index is 0.355. The molecule has 0 saturated carbocycles. The molecule has 1 N–H and O–H groups in total. The normalized spacial score (nSPS) is 30.8. The zero-order valence-corrected chi connectivity index (χ0v) is 11.1. The minimum absolute atomic E-state index is 0.355. The standard InChI is InChI=1S/C13H25N3O/c1-11-9-16(8-6-14-11)13(17)4-3-12-5-7-15(2)10-12/h11-12,14H,3-10H2,1-2H3. The summed E-state index contributed by atoms with van der Waals surface area (Å²) in [6.07, 6.45) is 3.08. The molecule has 0 bridgehead atoms. The van der Waals surface area contributed by atoms with Gasteiger partial charge < -0.3 is 15.1 Å². The van der Waals surface area contributed by atoms with E-state index in [9.17, 15) is 4.79 Å². The second-order valence-electron chi connectivity index (χ2n) is 5.65. The Morgan fingerprint density at radius 3 is 2.82 bits per heavy atom. The Bertz CT molecular complexity index is 269. The third-order valence-corrected chi connectivity index (χ3v) is 3.98. The summed E-state index contributed by atoms with van der Waals surface area (Å²) >= 11 is 0. The van der Waals surface area contributed by atoms with Gasteiger partial charge in [-0.2, -0.15) is 0 Å². The number of nitrogens with zero attached hydrogens (tertiary/aromatic N) is 2. The lowest BCUT2D eigenvalue weighted by atomic mass is 10.0. The van der Waals surface area contributed by atoms with E-state index in [2.05, 4.69) is 24.2 Å². The Labute approximate surface area is 104 Å². The number of piperazine rings is 1. The predicted molar refractivity (Wildman–Crippen MR) is 68.9 cm³/mol. The number of amides is 1. The minimum Gasteiger partial charge on any atom is -0.340 e. The van der Waals surface area contributed by atoms with Crippen molar-refractivity contribution < 1.29 is 4.79 Å². The first-order valence-electron chi connectivity index (χ1n) is 6.85. The van der Waals surface area contributed by atoms with Gasteiger partial charge >= 0.3 is 0 Å². The summed E-state index contributed by atoms with van der Waals surface area (Å²) in [6, 6.07) is 0.449. The lowest BCUT2D eigenvalue weighted by Gasteiger charge is -2.32. The summed E-state index contributed by atoms with van der Waals surface area (Å²) in [6.45, 7) is 7.22. The molecule has 2 fully saturated rings. The van der Waals surface area contributed by atoms with Crippen molar-refractivity contribution in [1.29, 1.82) is 0 Å². The maximum absolute atomic E-state index is 12.1. The molecule has 2 heterocycles. The van der Waals surface area contributed by atoms with Crippen LogP contribution in [0.15, 0.2) is 0 Å². The molecule has 1 amide bonds. The van der Waals surface area contributed by atoms with Crippen LogP contribution in [-0.2, 0) is 4.79 Å². The van der Waals surface area contributed by atoms with Crippen LogP contribution < -0.4 is 5.32 Å². The third kappa shape index (κ3) is 3.68. The maximum atomic E-state index is 12.1. The van der Waals surface area contributed by atoms with Crippen LogP contribution in [0.25, 0.3) is 0 Å². The number of carbonyl (C=O) groups is 1. The van der Waals surface area contributed by atoms with Gasteiger partial charge in [-0.05, 0) is 39.3 Å². The highest BCUT2D eigenvalue weighted by Gasteiger charge is 2.23. The first kappa shape index (κ1) is 12.8. The summed E-state index contributed by atoms with van der Waals surface area (Å²) in [7, 11) is 2.17. The predicted octanol–water partition coefficient (Wildman–Crippen LogP) is 0.539. The van der Waals surface area contributed by atoms with Crippen molar-refractivity contribution in [2.45, 2.75) is 32.2 Å². The molecule has 2 atom stereocenters. The van der Waals surface area contributed by atoms with E-state index < -0.39 is 0 Å². The smallest absolute Gasteiger partial charge is 0.222 e. The maximum Gasteiger partial charge on any atom is 0.222 e. The van der Waals surface area contributed by atoms with Crippen LogP contribution in [0.3, 0.4) is 0 Å². The van der Waals surface area contributed by atoms with Gasteiger partial charge in [0, 0.05) is 38.6 Å². The van der Waals surface area contributed by atoms with E-state index >= 15 is 0 Å². The van der Waals surface area contributed by atoms with Crippen molar-refractivity contribution in [3.63, 3.8) is 0 Å². The number of rotatable bonds is 3. The highest BCUT2D eigenvalue weighted by molar-refractivity contribution is 5.76. The zero-order valence-electron chi connectivity index (χ0n) is 11.1. The van der Waals surface area contributed by atoms with Crippen LogP contribution >= 0.6 is 0 Å². The first-order valence-corrected chi connectivity index (χ1v) is 6.85. The molecule has 2 aliphatic heterocycles. The van der Waals surface area contributed by atoms with Crippen LogP contribution in [-0.4, -0.2) is 61.5 Å². The third-order valence-electron chi connectivity index (χ3n) is 3.98. The quantitative estimate of drug-likeness (QED) is 0.781. The number of hydrogen-bond donors (Lipinski definition) is 1. The van der Waals surface area contributed by atoms with Gasteiger partial charge in [-0.15, -0.1) is 0 Å². The average molecular weight is 239 g/mol. The van der Waals surface area contributed by atoms with E-state index in [1.165, 1.54) is 19.5 Å². The van der Waals surface area contributed by atoms with Gasteiger partial charge in [0.25, 0.3) is 0 Å². The van der Waals surface area contributed by atoms with Crippen LogP contribution in [0, 0.1) is 5.92 Å². The van der Waals surface area contributed by atoms with E-state index in [-0.39, 0.29) is 0 Å². The number of hydrogen-bond acceptors (Lipinski definition) is 3. The first-order chi connectivity index (χ1) is 8.15. The summed E-state index contributed by atoms with van der Waals surface area (Å²) in [5, 5.41) is 3.37. The van der Waals surface area contributed by atoms with Crippen molar-refractivity contribution in [3.05, 3.63) is 0 Å². The number of nitrogens with one attached hydrogen (secondary N) is 1. The van der Waals surface area contributed by atoms with Crippen molar-refractivity contribution in [3.8, 4) is 0 Å². The number of likely N-dealkylation sites (tertiary alicyclic amines) is 1. The Balaban J connectivity index is 1.69.